The molecule has 2 aliphatic heterocycles. The number of carbonyl (C=O) groups is 1. The van der Waals surface area contributed by atoms with Crippen LogP contribution in [0.2, 0.25) is 0 Å². The molecule has 1 N–H and O–H groups in total. The van der Waals surface area contributed by atoms with E-state index in [-0.39, 0.29) is 11.7 Å². The van der Waals surface area contributed by atoms with E-state index >= 15 is 0 Å². The third kappa shape index (κ3) is 3.35. The van der Waals surface area contributed by atoms with Crippen LogP contribution in [0.4, 0.5) is 10.1 Å². The summed E-state index contributed by atoms with van der Waals surface area (Å²) >= 11 is 1.58. The fourth-order valence-electron chi connectivity index (χ4n) is 2.95. The topological polar surface area (TPSA) is 57.1 Å². The molecule has 0 aliphatic carbocycles. The summed E-state index contributed by atoms with van der Waals surface area (Å²) in [6.45, 7) is 0.480. The van der Waals surface area contributed by atoms with Gasteiger partial charge in [0.05, 0.1) is 18.7 Å². The highest BCUT2D eigenvalue weighted by Crippen LogP contribution is 2.29. The molecule has 1 amide bonds. The lowest BCUT2D eigenvalue weighted by Crippen LogP contribution is -2.25. The molecular weight excluding hydrogens is 351 g/mol. The fourth-order valence-corrected chi connectivity index (χ4v) is 3.72. The van der Waals surface area contributed by atoms with Gasteiger partial charge >= 0.3 is 0 Å². The maximum atomic E-state index is 12.9. The van der Waals surface area contributed by atoms with Crippen molar-refractivity contribution in [2.24, 2.45) is 10.1 Å². The monoisotopic (exact) mass is 368 g/mol. The quantitative estimate of drug-likeness (QED) is 0.906. The number of rotatable bonds is 3. The van der Waals surface area contributed by atoms with E-state index in [1.54, 1.807) is 35.8 Å². The first-order valence-electron chi connectivity index (χ1n) is 8.24. The maximum Gasteiger partial charge on any atom is 0.231 e. The van der Waals surface area contributed by atoms with Crippen molar-refractivity contribution in [3.8, 4) is 0 Å². The zero-order valence-electron chi connectivity index (χ0n) is 14.2. The van der Waals surface area contributed by atoms with E-state index in [0.29, 0.717) is 18.7 Å². The number of nitrogens with one attached hydrogen (secondary N) is 1. The Labute approximate surface area is 155 Å². The van der Waals surface area contributed by atoms with Gasteiger partial charge in [-0.1, -0.05) is 30.0 Å². The smallest absolute Gasteiger partial charge is 0.231 e. The van der Waals surface area contributed by atoms with Crippen LogP contribution in [0.3, 0.4) is 0 Å². The maximum absolute atomic E-state index is 12.9. The summed E-state index contributed by atoms with van der Waals surface area (Å²) in [4.78, 5) is 18.0. The molecule has 2 aromatic rings. The number of likely N-dealkylation sites (N-methyl/N-ethyl adjacent to an activating group) is 1. The number of thioether (sulfide) groups is 1. The second-order valence-corrected chi connectivity index (χ2v) is 7.14. The number of halogens is 1. The Balaban J connectivity index is 1.45. The summed E-state index contributed by atoms with van der Waals surface area (Å²) in [5.41, 5.74) is 7.89. The molecule has 7 heteroatoms. The van der Waals surface area contributed by atoms with Gasteiger partial charge in [-0.2, -0.15) is 5.10 Å². The van der Waals surface area contributed by atoms with Crippen molar-refractivity contribution in [2.75, 3.05) is 17.7 Å². The number of hydrazone groups is 1. The number of amidine groups is 1. The molecule has 2 aromatic carbocycles. The standard InChI is InChI=1S/C19H17FN4OS/c1-24-17-7-4-13(8-14(17)9-18(24)25)16-11-26-19(23-22-16)21-10-12-2-5-15(20)6-3-12/h2-8H,9-11H2,1H3,(H,21,23). The second-order valence-electron chi connectivity index (χ2n) is 6.18. The molecule has 0 bridgehead atoms. The summed E-state index contributed by atoms with van der Waals surface area (Å²) in [5.74, 6) is 0.575. The summed E-state index contributed by atoms with van der Waals surface area (Å²) in [5, 5.41) is 5.17. The van der Waals surface area contributed by atoms with Gasteiger partial charge in [-0.05, 0) is 41.0 Å². The summed E-state index contributed by atoms with van der Waals surface area (Å²) in [6, 6.07) is 12.3. The molecule has 0 aromatic heterocycles. The highest BCUT2D eigenvalue weighted by Gasteiger charge is 2.25. The minimum atomic E-state index is -0.247. The summed E-state index contributed by atoms with van der Waals surface area (Å²) in [7, 11) is 1.80. The first-order chi connectivity index (χ1) is 12.6. The van der Waals surface area contributed by atoms with Crippen LogP contribution >= 0.6 is 11.8 Å². The number of nitrogens with zero attached hydrogens (tertiary/aromatic N) is 3. The molecule has 0 saturated carbocycles. The Kier molecular flexibility index (Phi) is 4.46. The van der Waals surface area contributed by atoms with Gasteiger partial charge in [0, 0.05) is 18.5 Å². The zero-order chi connectivity index (χ0) is 18.1. The fraction of sp³-hybridized carbons (Fsp3) is 0.211. The molecular formula is C19H17FN4OS. The van der Waals surface area contributed by atoms with Crippen molar-refractivity contribution in [3.63, 3.8) is 0 Å². The van der Waals surface area contributed by atoms with E-state index in [1.165, 1.54) is 12.1 Å². The van der Waals surface area contributed by atoms with E-state index in [9.17, 15) is 9.18 Å². The van der Waals surface area contributed by atoms with E-state index in [1.807, 2.05) is 18.2 Å². The summed E-state index contributed by atoms with van der Waals surface area (Å²) in [6.07, 6.45) is 0.442. The predicted molar refractivity (Wildman–Crippen MR) is 103 cm³/mol. The van der Waals surface area contributed by atoms with Crippen LogP contribution in [0, 0.1) is 5.82 Å². The van der Waals surface area contributed by atoms with Crippen molar-refractivity contribution in [1.82, 2.24) is 5.43 Å². The minimum absolute atomic E-state index is 0.116. The normalized spacial score (nSPS) is 17.9. The lowest BCUT2D eigenvalue weighted by atomic mass is 10.1. The molecule has 2 heterocycles. The molecule has 0 saturated heterocycles. The molecule has 26 heavy (non-hydrogen) atoms. The Morgan fingerprint density at radius 2 is 2.08 bits per heavy atom. The van der Waals surface area contributed by atoms with Crippen LogP contribution < -0.4 is 10.3 Å². The highest BCUT2D eigenvalue weighted by molar-refractivity contribution is 8.14. The number of hydrogen-bond acceptors (Lipinski definition) is 4. The number of hydrogen-bond donors (Lipinski definition) is 1. The molecule has 2 aliphatic rings. The largest absolute Gasteiger partial charge is 0.315 e. The molecule has 0 atom stereocenters. The average molecular weight is 368 g/mol. The molecule has 0 unspecified atom stereocenters. The van der Waals surface area contributed by atoms with Crippen molar-refractivity contribution < 1.29 is 9.18 Å². The van der Waals surface area contributed by atoms with Gasteiger partial charge in [-0.15, -0.1) is 0 Å². The SMILES string of the molecule is CN1C(=O)Cc2cc(C3=NNC(=NCc4ccc(F)cc4)SC3)ccc21. The Morgan fingerprint density at radius 3 is 2.81 bits per heavy atom. The third-order valence-electron chi connectivity index (χ3n) is 4.44. The van der Waals surface area contributed by atoms with Crippen LogP contribution in [0.15, 0.2) is 52.6 Å². The Hall–Kier alpha value is -2.67. The van der Waals surface area contributed by atoms with Gasteiger partial charge in [0.2, 0.25) is 5.91 Å². The zero-order valence-corrected chi connectivity index (χ0v) is 15.0. The van der Waals surface area contributed by atoms with Crippen LogP contribution in [-0.2, 0) is 17.8 Å². The number of aliphatic imine (C=N–C) groups is 1. The van der Waals surface area contributed by atoms with Gasteiger partial charge in [-0.25, -0.2) is 4.39 Å². The second kappa shape index (κ2) is 6.92. The Morgan fingerprint density at radius 1 is 1.27 bits per heavy atom. The van der Waals surface area contributed by atoms with Gasteiger partial charge < -0.3 is 4.90 Å². The van der Waals surface area contributed by atoms with Crippen LogP contribution in [0.5, 0.6) is 0 Å². The Bertz CT molecular complexity index is 924. The first kappa shape index (κ1) is 16.8. The average Bonchev–Trinajstić information content (AvgIpc) is 2.95. The number of anilines is 1. The van der Waals surface area contributed by atoms with Crippen LogP contribution in [0.1, 0.15) is 16.7 Å². The number of fused-ring (bicyclic) bond motifs is 1. The lowest BCUT2D eigenvalue weighted by molar-refractivity contribution is -0.117. The minimum Gasteiger partial charge on any atom is -0.315 e. The molecule has 4 rings (SSSR count). The van der Waals surface area contributed by atoms with Crippen LogP contribution in [-0.4, -0.2) is 29.6 Å². The van der Waals surface area contributed by atoms with E-state index in [0.717, 1.165) is 33.3 Å². The van der Waals surface area contributed by atoms with Gasteiger partial charge in [0.25, 0.3) is 0 Å². The van der Waals surface area contributed by atoms with Crippen molar-refractivity contribution in [2.45, 2.75) is 13.0 Å². The molecule has 0 spiro atoms. The van der Waals surface area contributed by atoms with E-state index < -0.39 is 0 Å². The van der Waals surface area contributed by atoms with Crippen LogP contribution in [0.25, 0.3) is 0 Å². The molecule has 5 nitrogen and oxygen atoms in total. The molecule has 0 fully saturated rings. The van der Waals surface area contributed by atoms with Gasteiger partial charge in [-0.3, -0.25) is 15.2 Å². The lowest BCUT2D eigenvalue weighted by Gasteiger charge is -2.16. The first-order valence-corrected chi connectivity index (χ1v) is 9.23. The van der Waals surface area contributed by atoms with Crippen molar-refractivity contribution in [3.05, 3.63) is 65.0 Å². The van der Waals surface area contributed by atoms with Gasteiger partial charge in [0.15, 0.2) is 5.17 Å². The molecule has 0 radical (unpaired) electrons. The van der Waals surface area contributed by atoms with Crippen molar-refractivity contribution >= 4 is 34.2 Å². The number of carbonyl (C=O) groups excluding carboxylic acids is 1. The van der Waals surface area contributed by atoms with E-state index in [4.69, 9.17) is 0 Å². The van der Waals surface area contributed by atoms with E-state index in [2.05, 4.69) is 15.5 Å². The predicted octanol–water partition coefficient (Wildman–Crippen LogP) is 2.94. The highest BCUT2D eigenvalue weighted by atomic mass is 32.2. The summed E-state index contributed by atoms with van der Waals surface area (Å²) < 4.78 is 12.9. The van der Waals surface area contributed by atoms with Crippen molar-refractivity contribution in [1.29, 1.82) is 0 Å². The molecule has 132 valence electrons. The third-order valence-corrected chi connectivity index (χ3v) is 5.35. The number of amides is 1. The van der Waals surface area contributed by atoms with Gasteiger partial charge in [0.1, 0.15) is 5.82 Å². The number of benzene rings is 2.